The molecule has 0 aliphatic heterocycles. The summed E-state index contributed by atoms with van der Waals surface area (Å²) in [6.07, 6.45) is 1.02. The van der Waals surface area contributed by atoms with Gasteiger partial charge in [0.15, 0.2) is 5.78 Å². The maximum Gasteiger partial charge on any atom is 0.155 e. The molecular formula is C17H33NO2. The predicted octanol–water partition coefficient (Wildman–Crippen LogP) is 3.75. The van der Waals surface area contributed by atoms with Gasteiger partial charge >= 0.3 is 0 Å². The number of ketones is 2. The van der Waals surface area contributed by atoms with Crippen LogP contribution in [0.5, 0.6) is 0 Å². The van der Waals surface area contributed by atoms with Crippen LogP contribution in [0.3, 0.4) is 0 Å². The van der Waals surface area contributed by atoms with Crippen LogP contribution < -0.4 is 5.32 Å². The number of hydrogen-bond donors (Lipinski definition) is 1. The van der Waals surface area contributed by atoms with Gasteiger partial charge in [-0.05, 0) is 27.2 Å². The number of carbonyl (C=O) groups excluding carboxylic acids is 2. The lowest BCUT2D eigenvalue weighted by Crippen LogP contribution is -2.51. The molecule has 3 heteroatoms. The minimum Gasteiger partial charge on any atom is -0.303 e. The Labute approximate surface area is 124 Å². The quantitative estimate of drug-likeness (QED) is 0.835. The maximum absolute atomic E-state index is 12.5. The molecule has 0 aliphatic carbocycles. The fourth-order valence-corrected chi connectivity index (χ4v) is 1.96. The van der Waals surface area contributed by atoms with Gasteiger partial charge in [-0.3, -0.25) is 9.59 Å². The highest BCUT2D eigenvalue weighted by Crippen LogP contribution is 2.23. The second kappa shape index (κ2) is 6.38. The smallest absolute Gasteiger partial charge is 0.155 e. The third-order valence-electron chi connectivity index (χ3n) is 3.16. The molecule has 1 unspecified atom stereocenters. The van der Waals surface area contributed by atoms with E-state index >= 15 is 0 Å². The van der Waals surface area contributed by atoms with Gasteiger partial charge in [0.1, 0.15) is 5.78 Å². The van der Waals surface area contributed by atoms with Crippen molar-refractivity contribution in [2.45, 2.75) is 86.7 Å². The van der Waals surface area contributed by atoms with Crippen molar-refractivity contribution >= 4 is 11.6 Å². The molecule has 0 radical (unpaired) electrons. The van der Waals surface area contributed by atoms with Crippen LogP contribution in [0.25, 0.3) is 0 Å². The molecule has 0 amide bonds. The lowest BCUT2D eigenvalue weighted by atomic mass is 9.81. The van der Waals surface area contributed by atoms with Crippen molar-refractivity contribution in [3.05, 3.63) is 0 Å². The highest BCUT2D eigenvalue weighted by Gasteiger charge is 2.33. The van der Waals surface area contributed by atoms with E-state index in [0.29, 0.717) is 12.8 Å². The molecule has 0 aliphatic rings. The van der Waals surface area contributed by atoms with Crippen LogP contribution in [0, 0.1) is 10.8 Å². The molecule has 1 atom stereocenters. The van der Waals surface area contributed by atoms with E-state index in [1.807, 2.05) is 62.3 Å². The first-order valence-electron chi connectivity index (χ1n) is 7.50. The Kier molecular flexibility index (Phi) is 6.16. The first kappa shape index (κ1) is 19.3. The molecule has 0 fully saturated rings. The van der Waals surface area contributed by atoms with Crippen LogP contribution in [-0.2, 0) is 9.59 Å². The van der Waals surface area contributed by atoms with E-state index in [9.17, 15) is 9.59 Å². The molecule has 0 saturated heterocycles. The van der Waals surface area contributed by atoms with E-state index in [1.54, 1.807) is 0 Å². The molecule has 1 N–H and O–H groups in total. The molecule has 118 valence electrons. The van der Waals surface area contributed by atoms with E-state index in [1.165, 1.54) is 0 Å². The molecule has 0 rings (SSSR count). The fraction of sp³-hybridized carbons (Fsp3) is 0.882. The number of carbonyl (C=O) groups is 2. The Morgan fingerprint density at radius 2 is 1.30 bits per heavy atom. The van der Waals surface area contributed by atoms with Crippen molar-refractivity contribution in [2.24, 2.45) is 10.8 Å². The highest BCUT2D eigenvalue weighted by molar-refractivity contribution is 5.90. The first-order chi connectivity index (χ1) is 8.64. The van der Waals surface area contributed by atoms with Gasteiger partial charge < -0.3 is 5.32 Å². The number of Topliss-reactive ketones (excluding diaryl/α,β-unsaturated/α-hetero) is 2. The maximum atomic E-state index is 12.5. The Morgan fingerprint density at radius 1 is 0.850 bits per heavy atom. The van der Waals surface area contributed by atoms with Crippen LogP contribution in [0.1, 0.15) is 75.2 Å². The Balaban J connectivity index is 4.90. The van der Waals surface area contributed by atoms with Crippen molar-refractivity contribution in [1.82, 2.24) is 5.32 Å². The van der Waals surface area contributed by atoms with Gasteiger partial charge in [-0.2, -0.15) is 0 Å². The molecule has 3 nitrogen and oxygen atoms in total. The van der Waals surface area contributed by atoms with Gasteiger partial charge in [0.05, 0.1) is 6.04 Å². The molecular weight excluding hydrogens is 250 g/mol. The largest absolute Gasteiger partial charge is 0.303 e. The zero-order chi connectivity index (χ0) is 16.4. The standard InChI is InChI=1S/C17H33NO2/c1-15(2,3)13(19)11-10-12(18-17(7,8)9)14(20)16(4,5)6/h12,18H,10-11H2,1-9H3. The molecule has 0 bridgehead atoms. The summed E-state index contributed by atoms with van der Waals surface area (Å²) in [5, 5.41) is 3.37. The summed E-state index contributed by atoms with van der Waals surface area (Å²) in [4.78, 5) is 24.6. The zero-order valence-electron chi connectivity index (χ0n) is 14.8. The van der Waals surface area contributed by atoms with Crippen molar-refractivity contribution in [3.8, 4) is 0 Å². The number of hydrogen-bond acceptors (Lipinski definition) is 3. The molecule has 0 saturated carbocycles. The average molecular weight is 283 g/mol. The normalized spacial score (nSPS) is 15.1. The fourth-order valence-electron chi connectivity index (χ4n) is 1.96. The number of rotatable bonds is 5. The Hall–Kier alpha value is -0.700. The van der Waals surface area contributed by atoms with Crippen LogP contribution in [0.15, 0.2) is 0 Å². The van der Waals surface area contributed by atoms with Gasteiger partial charge in [-0.15, -0.1) is 0 Å². The average Bonchev–Trinajstić information content (AvgIpc) is 2.18. The van der Waals surface area contributed by atoms with Crippen LogP contribution in [0.4, 0.5) is 0 Å². The molecule has 0 aromatic heterocycles. The third-order valence-corrected chi connectivity index (χ3v) is 3.16. The summed E-state index contributed by atoms with van der Waals surface area (Å²) in [7, 11) is 0. The summed E-state index contributed by atoms with van der Waals surface area (Å²) in [6.45, 7) is 17.7. The lowest BCUT2D eigenvalue weighted by Gasteiger charge is -2.32. The van der Waals surface area contributed by atoms with Gasteiger partial charge in [0.25, 0.3) is 0 Å². The topological polar surface area (TPSA) is 46.2 Å². The third kappa shape index (κ3) is 7.18. The SMILES string of the molecule is CC(C)(C)NC(CCC(=O)C(C)(C)C)C(=O)C(C)(C)C. The highest BCUT2D eigenvalue weighted by atomic mass is 16.1. The summed E-state index contributed by atoms with van der Waals surface area (Å²) >= 11 is 0. The molecule has 0 heterocycles. The lowest BCUT2D eigenvalue weighted by molar-refractivity contribution is -0.130. The van der Waals surface area contributed by atoms with Gasteiger partial charge in [0, 0.05) is 22.8 Å². The van der Waals surface area contributed by atoms with E-state index in [2.05, 4.69) is 5.32 Å². The van der Waals surface area contributed by atoms with Crippen molar-refractivity contribution in [1.29, 1.82) is 0 Å². The van der Waals surface area contributed by atoms with Gasteiger partial charge in [-0.25, -0.2) is 0 Å². The van der Waals surface area contributed by atoms with E-state index in [-0.39, 0.29) is 28.6 Å². The van der Waals surface area contributed by atoms with E-state index in [0.717, 1.165) is 0 Å². The van der Waals surface area contributed by atoms with Crippen molar-refractivity contribution in [3.63, 3.8) is 0 Å². The Morgan fingerprint density at radius 3 is 1.60 bits per heavy atom. The van der Waals surface area contributed by atoms with Crippen LogP contribution in [-0.4, -0.2) is 23.1 Å². The predicted molar refractivity (Wildman–Crippen MR) is 84.8 cm³/mol. The van der Waals surface area contributed by atoms with E-state index < -0.39 is 5.41 Å². The van der Waals surface area contributed by atoms with Crippen molar-refractivity contribution < 1.29 is 9.59 Å². The summed E-state index contributed by atoms with van der Waals surface area (Å²) < 4.78 is 0. The zero-order valence-corrected chi connectivity index (χ0v) is 14.8. The monoisotopic (exact) mass is 283 g/mol. The van der Waals surface area contributed by atoms with Crippen LogP contribution >= 0.6 is 0 Å². The second-order valence-electron chi connectivity index (χ2n) is 8.77. The molecule has 0 aromatic rings. The molecule has 0 spiro atoms. The second-order valence-corrected chi connectivity index (χ2v) is 8.77. The summed E-state index contributed by atoms with van der Waals surface area (Å²) in [6, 6.07) is -0.263. The minimum absolute atomic E-state index is 0.143. The summed E-state index contributed by atoms with van der Waals surface area (Å²) in [5.41, 5.74) is -0.874. The van der Waals surface area contributed by atoms with Gasteiger partial charge in [-0.1, -0.05) is 41.5 Å². The van der Waals surface area contributed by atoms with E-state index in [4.69, 9.17) is 0 Å². The van der Waals surface area contributed by atoms with Gasteiger partial charge in [0.2, 0.25) is 0 Å². The number of nitrogens with one attached hydrogen (secondary N) is 1. The minimum atomic E-state index is -0.395. The molecule has 0 aromatic carbocycles. The molecule has 20 heavy (non-hydrogen) atoms. The summed E-state index contributed by atoms with van der Waals surface area (Å²) in [5.74, 6) is 0.383. The van der Waals surface area contributed by atoms with Crippen LogP contribution in [0.2, 0.25) is 0 Å². The first-order valence-corrected chi connectivity index (χ1v) is 7.50. The Bertz CT molecular complexity index is 351. The van der Waals surface area contributed by atoms with Crippen molar-refractivity contribution in [2.75, 3.05) is 0 Å².